The van der Waals surface area contributed by atoms with E-state index >= 15 is 0 Å². The number of Topliss-reactive ketones (excluding diaryl/α,β-unsaturated/α-hetero) is 1. The Kier molecular flexibility index (Phi) is 5.30. The molecule has 0 heterocycles. The Balaban J connectivity index is 2.04. The largest absolute Gasteiger partial charge is 0.294 e. The Morgan fingerprint density at radius 1 is 1.10 bits per heavy atom. The number of hydrogen-bond donors (Lipinski definition) is 0. The predicted molar refractivity (Wildman–Crippen MR) is 88.3 cm³/mol. The molecule has 0 atom stereocenters. The number of halogens is 2. The van der Waals surface area contributed by atoms with Gasteiger partial charge in [0.1, 0.15) is 0 Å². The summed E-state index contributed by atoms with van der Waals surface area (Å²) in [4.78, 5) is 12.1. The minimum absolute atomic E-state index is 0.00333. The van der Waals surface area contributed by atoms with Gasteiger partial charge in [-0.3, -0.25) is 4.79 Å². The Hall–Kier alpha value is -1.22. The fourth-order valence-corrected chi connectivity index (χ4v) is 2.44. The highest BCUT2D eigenvalue weighted by atomic mass is 35.5. The third kappa shape index (κ3) is 3.66. The first-order chi connectivity index (χ1) is 9.61. The highest BCUT2D eigenvalue weighted by Gasteiger charge is 2.12. The van der Waals surface area contributed by atoms with Crippen LogP contribution in [0.3, 0.4) is 0 Å². The van der Waals surface area contributed by atoms with Crippen molar-refractivity contribution in [1.82, 2.24) is 0 Å². The molecule has 0 aliphatic heterocycles. The second-order valence-electron chi connectivity index (χ2n) is 4.38. The highest BCUT2D eigenvalue weighted by Crippen LogP contribution is 2.26. The van der Waals surface area contributed by atoms with Gasteiger partial charge in [0.25, 0.3) is 0 Å². The van der Waals surface area contributed by atoms with Gasteiger partial charge in [-0.1, -0.05) is 65.8 Å². The van der Waals surface area contributed by atoms with Crippen LogP contribution in [0.2, 0.25) is 10.0 Å². The minimum atomic E-state index is -0.00333. The van der Waals surface area contributed by atoms with Crippen molar-refractivity contribution >= 4 is 46.6 Å². The molecule has 102 valence electrons. The van der Waals surface area contributed by atoms with Crippen molar-refractivity contribution in [2.45, 2.75) is 12.8 Å². The number of aryl methyl sites for hydroxylation is 1. The summed E-state index contributed by atoms with van der Waals surface area (Å²) >= 11 is 16.8. The molecule has 20 heavy (non-hydrogen) atoms. The van der Waals surface area contributed by atoms with E-state index < -0.39 is 0 Å². The lowest BCUT2D eigenvalue weighted by atomic mass is 10.0. The van der Waals surface area contributed by atoms with Gasteiger partial charge in [-0.2, -0.15) is 0 Å². The molecule has 0 aliphatic carbocycles. The van der Waals surface area contributed by atoms with Crippen LogP contribution in [-0.4, -0.2) is 11.2 Å². The van der Waals surface area contributed by atoms with Gasteiger partial charge in [-0.25, -0.2) is 0 Å². The van der Waals surface area contributed by atoms with Crippen LogP contribution in [0.1, 0.15) is 27.9 Å². The molecule has 0 saturated carbocycles. The molecule has 0 fully saturated rings. The normalized spacial score (nSPS) is 10.3. The van der Waals surface area contributed by atoms with Gasteiger partial charge in [0.05, 0.1) is 10.0 Å². The van der Waals surface area contributed by atoms with Gasteiger partial charge in [0.2, 0.25) is 0 Å². The molecule has 0 N–H and O–H groups in total. The zero-order valence-corrected chi connectivity index (χ0v) is 12.9. The fourth-order valence-electron chi connectivity index (χ4n) is 1.87. The summed E-state index contributed by atoms with van der Waals surface area (Å²) in [5, 5.41) is 2.36. The lowest BCUT2D eigenvalue weighted by Gasteiger charge is -2.05. The lowest BCUT2D eigenvalue weighted by Crippen LogP contribution is -2.02. The maximum atomic E-state index is 12.1. The summed E-state index contributed by atoms with van der Waals surface area (Å²) in [5.74, 6) is -0.00333. The van der Waals surface area contributed by atoms with Gasteiger partial charge in [0.15, 0.2) is 5.78 Å². The van der Waals surface area contributed by atoms with E-state index in [0.29, 0.717) is 28.5 Å². The smallest absolute Gasteiger partial charge is 0.164 e. The van der Waals surface area contributed by atoms with Crippen molar-refractivity contribution < 1.29 is 4.79 Å². The molecule has 0 unspecified atom stereocenters. The van der Waals surface area contributed by atoms with Crippen LogP contribution in [0.25, 0.3) is 0 Å². The first-order valence-electron chi connectivity index (χ1n) is 6.13. The zero-order valence-electron chi connectivity index (χ0n) is 10.6. The summed E-state index contributed by atoms with van der Waals surface area (Å²) in [7, 11) is 0. The standard InChI is InChI=1S/C16H12Cl2OS/c17-14-3-1-2-13(16(14)18)15(19)9-8-11-4-6-12(10-20)7-5-11/h1-7,10H,8-9H2. The van der Waals surface area contributed by atoms with Gasteiger partial charge in [-0.05, 0) is 29.7 Å². The second kappa shape index (κ2) is 6.98. The van der Waals surface area contributed by atoms with E-state index in [1.165, 1.54) is 0 Å². The van der Waals surface area contributed by atoms with E-state index in [1.54, 1.807) is 23.6 Å². The molecule has 0 spiro atoms. The molecular formula is C16H12Cl2OS. The molecule has 1 nitrogen and oxygen atoms in total. The summed E-state index contributed by atoms with van der Waals surface area (Å²) in [6.45, 7) is 0. The molecule has 0 aliphatic rings. The van der Waals surface area contributed by atoms with Crippen molar-refractivity contribution in [3.05, 3.63) is 69.2 Å². The Morgan fingerprint density at radius 2 is 1.80 bits per heavy atom. The number of ketones is 1. The van der Waals surface area contributed by atoms with Crippen LogP contribution in [0.4, 0.5) is 0 Å². The maximum Gasteiger partial charge on any atom is 0.164 e. The topological polar surface area (TPSA) is 17.1 Å². The molecule has 2 aromatic rings. The maximum absolute atomic E-state index is 12.1. The number of carbonyl (C=O) groups excluding carboxylic acids is 1. The van der Waals surface area contributed by atoms with E-state index in [-0.39, 0.29) is 5.78 Å². The average Bonchev–Trinajstić information content (AvgIpc) is 2.48. The second-order valence-corrected chi connectivity index (χ2v) is 5.40. The van der Waals surface area contributed by atoms with Crippen LogP contribution >= 0.6 is 35.4 Å². The quantitative estimate of drug-likeness (QED) is 0.559. The molecule has 2 rings (SSSR count). The third-order valence-corrected chi connectivity index (χ3v) is 4.10. The van der Waals surface area contributed by atoms with E-state index in [0.717, 1.165) is 11.1 Å². The lowest BCUT2D eigenvalue weighted by molar-refractivity contribution is 0.0983. The van der Waals surface area contributed by atoms with Gasteiger partial charge >= 0.3 is 0 Å². The minimum Gasteiger partial charge on any atom is -0.294 e. The fraction of sp³-hybridized carbons (Fsp3) is 0.125. The van der Waals surface area contributed by atoms with Crippen molar-refractivity contribution in [2.24, 2.45) is 0 Å². The average molecular weight is 323 g/mol. The number of carbonyl (C=O) groups is 1. The summed E-state index contributed by atoms with van der Waals surface area (Å²) in [6, 6.07) is 12.9. The predicted octanol–water partition coefficient (Wildman–Crippen LogP) is 5.16. The number of rotatable bonds is 5. The van der Waals surface area contributed by atoms with E-state index in [9.17, 15) is 4.79 Å². The van der Waals surface area contributed by atoms with Crippen LogP contribution in [0, 0.1) is 0 Å². The van der Waals surface area contributed by atoms with Crippen molar-refractivity contribution in [3.63, 3.8) is 0 Å². The van der Waals surface area contributed by atoms with Gasteiger partial charge < -0.3 is 0 Å². The Bertz CT molecular complexity index is 635. The monoisotopic (exact) mass is 322 g/mol. The van der Waals surface area contributed by atoms with Crippen molar-refractivity contribution in [3.8, 4) is 0 Å². The van der Waals surface area contributed by atoms with Crippen molar-refractivity contribution in [1.29, 1.82) is 0 Å². The highest BCUT2D eigenvalue weighted by molar-refractivity contribution is 7.79. The van der Waals surface area contributed by atoms with E-state index in [4.69, 9.17) is 35.4 Å². The number of hydrogen-bond acceptors (Lipinski definition) is 2. The summed E-state index contributed by atoms with van der Waals surface area (Å²) in [5.41, 5.74) is 2.57. The van der Waals surface area contributed by atoms with E-state index in [2.05, 4.69) is 0 Å². The molecule has 0 amide bonds. The molecule has 0 radical (unpaired) electrons. The summed E-state index contributed by atoms with van der Waals surface area (Å²) < 4.78 is 0. The van der Waals surface area contributed by atoms with E-state index in [1.807, 2.05) is 24.3 Å². The molecule has 0 bridgehead atoms. The molecular weight excluding hydrogens is 311 g/mol. The van der Waals surface area contributed by atoms with Gasteiger partial charge in [0, 0.05) is 17.4 Å². The number of thiocarbonyl (C=S) groups is 1. The third-order valence-electron chi connectivity index (χ3n) is 3.01. The van der Waals surface area contributed by atoms with Crippen LogP contribution in [0.5, 0.6) is 0 Å². The first-order valence-corrected chi connectivity index (χ1v) is 7.36. The summed E-state index contributed by atoms with van der Waals surface area (Å²) in [6.07, 6.45) is 1.07. The van der Waals surface area contributed by atoms with Crippen LogP contribution in [-0.2, 0) is 6.42 Å². The zero-order chi connectivity index (χ0) is 14.5. The SMILES string of the molecule is O=C(CCc1ccc(C=S)cc1)c1cccc(Cl)c1Cl. The van der Waals surface area contributed by atoms with Crippen LogP contribution in [0.15, 0.2) is 42.5 Å². The Labute approximate surface area is 133 Å². The molecule has 4 heteroatoms. The first kappa shape index (κ1) is 15.2. The molecule has 2 aromatic carbocycles. The van der Waals surface area contributed by atoms with Crippen LogP contribution < -0.4 is 0 Å². The van der Waals surface area contributed by atoms with Gasteiger partial charge in [-0.15, -0.1) is 0 Å². The molecule has 0 aromatic heterocycles. The van der Waals surface area contributed by atoms with Crippen molar-refractivity contribution in [2.75, 3.05) is 0 Å². The molecule has 0 saturated heterocycles. The Morgan fingerprint density at radius 3 is 2.45 bits per heavy atom. The number of benzene rings is 2.